The molecule has 0 aromatic carbocycles. The molecule has 3 aliphatic heterocycles. The molecular weight excluding hydrogens is 434 g/mol. The first-order valence-electron chi connectivity index (χ1n) is 12.3. The second-order valence-corrected chi connectivity index (χ2v) is 9.78. The fraction of sp³-hybridized carbons (Fsp3) is 0.630. The molecule has 1 amide bonds. The molecule has 0 saturated carbocycles. The van der Waals surface area contributed by atoms with Crippen molar-refractivity contribution in [3.05, 3.63) is 47.8 Å². The maximum absolute atomic E-state index is 12.3. The predicted molar refractivity (Wildman–Crippen MR) is 130 cm³/mol. The molecule has 1 unspecified atom stereocenters. The summed E-state index contributed by atoms with van der Waals surface area (Å²) < 4.78 is 22.8. The van der Waals surface area contributed by atoms with Crippen LogP contribution in [-0.4, -0.2) is 54.5 Å². The summed E-state index contributed by atoms with van der Waals surface area (Å²) in [6.45, 7) is 12.1. The molecule has 0 aromatic heterocycles. The summed E-state index contributed by atoms with van der Waals surface area (Å²) >= 11 is 0. The molecule has 1 N–H and O–H groups in total. The van der Waals surface area contributed by atoms with Gasteiger partial charge >= 0.3 is 5.97 Å². The molecule has 3 heterocycles. The van der Waals surface area contributed by atoms with Crippen molar-refractivity contribution in [1.29, 1.82) is 0 Å². The Balaban J connectivity index is 1.49. The molecular formula is C27H39NO6. The van der Waals surface area contributed by atoms with E-state index in [1.165, 1.54) is 13.0 Å². The number of ether oxygens (including phenoxy) is 4. The predicted octanol–water partition coefficient (Wildman–Crippen LogP) is 4.15. The molecule has 3 rings (SSSR count). The van der Waals surface area contributed by atoms with Gasteiger partial charge in [0.2, 0.25) is 5.91 Å². The van der Waals surface area contributed by atoms with Crippen LogP contribution in [0.1, 0.15) is 60.8 Å². The summed E-state index contributed by atoms with van der Waals surface area (Å²) in [5, 5.41) is 3.00. The van der Waals surface area contributed by atoms with Gasteiger partial charge in [-0.05, 0) is 46.3 Å². The second kappa shape index (κ2) is 11.4. The van der Waals surface area contributed by atoms with E-state index in [0.29, 0.717) is 6.10 Å². The van der Waals surface area contributed by atoms with Gasteiger partial charge in [0.25, 0.3) is 0 Å². The minimum absolute atomic E-state index is 0.0384. The van der Waals surface area contributed by atoms with Crippen molar-refractivity contribution in [2.45, 2.75) is 96.9 Å². The van der Waals surface area contributed by atoms with Crippen LogP contribution >= 0.6 is 0 Å². The third-order valence-corrected chi connectivity index (χ3v) is 6.76. The van der Waals surface area contributed by atoms with Crippen molar-refractivity contribution in [1.82, 2.24) is 5.32 Å². The molecule has 188 valence electrons. The number of nitrogens with one attached hydrogen (secondary N) is 1. The van der Waals surface area contributed by atoms with Crippen LogP contribution in [0.5, 0.6) is 0 Å². The van der Waals surface area contributed by atoms with Crippen LogP contribution in [0.15, 0.2) is 47.8 Å². The van der Waals surface area contributed by atoms with E-state index in [4.69, 9.17) is 18.9 Å². The third kappa shape index (κ3) is 7.31. The van der Waals surface area contributed by atoms with E-state index in [0.717, 1.165) is 37.2 Å². The summed E-state index contributed by atoms with van der Waals surface area (Å²) in [4.78, 5) is 23.2. The largest absolute Gasteiger partial charge is 0.493 e. The number of amides is 1. The standard InChI is InChI=1S/C27H39NO6/c1-17(7-10-23-16-27(13-14-31-23)21(5)34-27)8-11-25-18(2)15-24(20(4)33-25)28-26(30)12-9-19(3)32-22(6)29/h7-12,18-21,23-24H,13-16H2,1-6H3,(H,28,30)/b10-7+,12-9-,17-8+,25-11+/t18-,19-,20+,21?,23+,24+,27-/m0/s1. The van der Waals surface area contributed by atoms with Crippen LogP contribution in [0.3, 0.4) is 0 Å². The van der Waals surface area contributed by atoms with Gasteiger partial charge in [-0.3, -0.25) is 9.59 Å². The van der Waals surface area contributed by atoms with Crippen molar-refractivity contribution < 1.29 is 28.5 Å². The van der Waals surface area contributed by atoms with E-state index < -0.39 is 6.10 Å². The molecule has 1 spiro atoms. The van der Waals surface area contributed by atoms with Crippen molar-refractivity contribution in [2.24, 2.45) is 5.92 Å². The zero-order valence-electron chi connectivity index (χ0n) is 21.2. The number of carbonyl (C=O) groups is 2. The number of allylic oxidation sites excluding steroid dienone is 5. The normalized spacial score (nSPS) is 36.0. The van der Waals surface area contributed by atoms with Gasteiger partial charge in [0.1, 0.15) is 12.2 Å². The fourth-order valence-corrected chi connectivity index (χ4v) is 4.57. The van der Waals surface area contributed by atoms with Crippen molar-refractivity contribution in [2.75, 3.05) is 6.61 Å². The van der Waals surface area contributed by atoms with Crippen LogP contribution in [-0.2, 0) is 28.5 Å². The van der Waals surface area contributed by atoms with Gasteiger partial charge < -0.3 is 24.3 Å². The lowest BCUT2D eigenvalue weighted by atomic mass is 9.92. The maximum atomic E-state index is 12.3. The molecule has 0 aromatic rings. The summed E-state index contributed by atoms with van der Waals surface area (Å²) in [5.41, 5.74) is 1.16. The summed E-state index contributed by atoms with van der Waals surface area (Å²) in [6.07, 6.45) is 13.8. The van der Waals surface area contributed by atoms with Crippen molar-refractivity contribution in [3.8, 4) is 0 Å². The molecule has 3 fully saturated rings. The molecule has 3 aliphatic rings. The van der Waals surface area contributed by atoms with Crippen molar-refractivity contribution in [3.63, 3.8) is 0 Å². The average molecular weight is 474 g/mol. The van der Waals surface area contributed by atoms with E-state index in [1.54, 1.807) is 13.0 Å². The van der Waals surface area contributed by atoms with Crippen LogP contribution in [0.4, 0.5) is 0 Å². The summed E-state index contributed by atoms with van der Waals surface area (Å²) in [5.74, 6) is 0.488. The Labute approximate surface area is 203 Å². The van der Waals surface area contributed by atoms with Crippen molar-refractivity contribution >= 4 is 11.9 Å². The molecule has 34 heavy (non-hydrogen) atoms. The van der Waals surface area contributed by atoms with Crippen LogP contribution in [0, 0.1) is 5.92 Å². The van der Waals surface area contributed by atoms with Gasteiger partial charge in [-0.25, -0.2) is 0 Å². The monoisotopic (exact) mass is 473 g/mol. The molecule has 3 saturated heterocycles. The molecule has 0 bridgehead atoms. The highest BCUT2D eigenvalue weighted by molar-refractivity contribution is 5.87. The number of rotatable bonds is 7. The number of hydrogen-bond donors (Lipinski definition) is 1. The quantitative estimate of drug-likeness (QED) is 0.259. The minimum atomic E-state index is -0.447. The van der Waals surface area contributed by atoms with Crippen LogP contribution < -0.4 is 5.32 Å². The first kappa shape index (κ1) is 26.2. The molecule has 0 aliphatic carbocycles. The fourth-order valence-electron chi connectivity index (χ4n) is 4.57. The Kier molecular flexibility index (Phi) is 8.77. The molecule has 7 heteroatoms. The number of esters is 1. The van der Waals surface area contributed by atoms with Crippen LogP contribution in [0.25, 0.3) is 0 Å². The first-order valence-corrected chi connectivity index (χ1v) is 12.3. The molecule has 0 radical (unpaired) electrons. The van der Waals surface area contributed by atoms with Gasteiger partial charge in [-0.1, -0.05) is 30.7 Å². The Hall–Kier alpha value is -2.38. The highest BCUT2D eigenvalue weighted by Gasteiger charge is 2.55. The van der Waals surface area contributed by atoms with Gasteiger partial charge in [0.15, 0.2) is 0 Å². The summed E-state index contributed by atoms with van der Waals surface area (Å²) in [7, 11) is 0. The third-order valence-electron chi connectivity index (χ3n) is 6.76. The van der Waals surface area contributed by atoms with E-state index in [9.17, 15) is 9.59 Å². The first-order chi connectivity index (χ1) is 16.1. The van der Waals surface area contributed by atoms with E-state index in [1.807, 2.05) is 13.0 Å². The zero-order chi connectivity index (χ0) is 24.9. The highest BCUT2D eigenvalue weighted by Crippen LogP contribution is 2.46. The SMILES string of the molecule is CC(=O)O[C@@H](C)/C=C\C(=O)N[C@@H]1C[C@H](C)\C(=C/C=C(C)/C=C/[C@@H]2C[C@]3(CCO2)OC3C)O[C@@H]1C. The van der Waals surface area contributed by atoms with Crippen LogP contribution in [0.2, 0.25) is 0 Å². The smallest absolute Gasteiger partial charge is 0.303 e. The zero-order valence-corrected chi connectivity index (χ0v) is 21.2. The number of epoxide rings is 1. The summed E-state index contributed by atoms with van der Waals surface area (Å²) in [6, 6.07) is -0.0962. The number of carbonyl (C=O) groups excluding carboxylic acids is 2. The van der Waals surface area contributed by atoms with Gasteiger partial charge in [-0.15, -0.1) is 0 Å². The lowest BCUT2D eigenvalue weighted by molar-refractivity contribution is -0.143. The lowest BCUT2D eigenvalue weighted by Crippen LogP contribution is -2.46. The van der Waals surface area contributed by atoms with E-state index >= 15 is 0 Å². The highest BCUT2D eigenvalue weighted by atomic mass is 16.6. The molecule has 7 atom stereocenters. The van der Waals surface area contributed by atoms with E-state index in [-0.39, 0.29) is 41.6 Å². The Morgan fingerprint density at radius 2 is 1.94 bits per heavy atom. The number of hydrogen-bond acceptors (Lipinski definition) is 6. The minimum Gasteiger partial charge on any atom is -0.493 e. The maximum Gasteiger partial charge on any atom is 0.303 e. The topological polar surface area (TPSA) is 86.4 Å². The Morgan fingerprint density at radius 3 is 2.62 bits per heavy atom. The van der Waals surface area contributed by atoms with Gasteiger partial charge in [-0.2, -0.15) is 0 Å². The Morgan fingerprint density at radius 1 is 1.21 bits per heavy atom. The van der Waals surface area contributed by atoms with Gasteiger partial charge in [0, 0.05) is 31.8 Å². The molecule has 7 nitrogen and oxygen atoms in total. The second-order valence-electron chi connectivity index (χ2n) is 9.78. The van der Waals surface area contributed by atoms with Gasteiger partial charge in [0.05, 0.1) is 36.2 Å². The average Bonchev–Trinajstić information content (AvgIpc) is 3.38. The lowest BCUT2D eigenvalue weighted by Gasteiger charge is -2.35. The Bertz CT molecular complexity index is 874. The van der Waals surface area contributed by atoms with E-state index in [2.05, 4.69) is 44.3 Å².